The van der Waals surface area contributed by atoms with Crippen LogP contribution in [0.4, 0.5) is 0 Å². The van der Waals surface area contributed by atoms with Crippen LogP contribution < -0.4 is 0 Å². The van der Waals surface area contributed by atoms with Gasteiger partial charge in [0.1, 0.15) is 0 Å². The highest BCUT2D eigenvalue weighted by Crippen LogP contribution is 2.37. The van der Waals surface area contributed by atoms with Crippen molar-refractivity contribution in [2.45, 2.75) is 77.3 Å². The van der Waals surface area contributed by atoms with E-state index < -0.39 is 8.32 Å². The van der Waals surface area contributed by atoms with Crippen LogP contribution in [0.5, 0.6) is 0 Å². The lowest BCUT2D eigenvalue weighted by molar-refractivity contribution is 0.0155. The first kappa shape index (κ1) is 15.9. The van der Waals surface area contributed by atoms with Crippen molar-refractivity contribution >= 4 is 8.32 Å². The zero-order valence-electron chi connectivity index (χ0n) is 13.0. The van der Waals surface area contributed by atoms with E-state index in [-0.39, 0.29) is 11.1 Å². The largest absolute Gasteiger partial charge is 0.408 e. The van der Waals surface area contributed by atoms with Crippen molar-refractivity contribution in [2.75, 3.05) is 6.61 Å². The van der Waals surface area contributed by atoms with Crippen molar-refractivity contribution in [2.24, 2.45) is 0 Å². The van der Waals surface area contributed by atoms with E-state index in [1.165, 1.54) is 12.8 Å². The predicted octanol–water partition coefficient (Wildman–Crippen LogP) is 4.52. The van der Waals surface area contributed by atoms with E-state index in [1.54, 1.807) is 0 Å². The molecule has 2 atom stereocenters. The summed E-state index contributed by atoms with van der Waals surface area (Å²) in [6.45, 7) is 14.4. The van der Waals surface area contributed by atoms with Crippen LogP contribution in [0.3, 0.4) is 0 Å². The third-order valence-corrected chi connectivity index (χ3v) is 8.61. The zero-order valence-corrected chi connectivity index (χ0v) is 14.0. The summed E-state index contributed by atoms with van der Waals surface area (Å²) in [5.41, 5.74) is 0. The first-order valence-electron chi connectivity index (χ1n) is 7.24. The van der Waals surface area contributed by atoms with Gasteiger partial charge in [0.05, 0.1) is 18.8 Å². The second kappa shape index (κ2) is 6.35. The second-order valence-electron chi connectivity index (χ2n) is 6.82. The van der Waals surface area contributed by atoms with Gasteiger partial charge in [-0.2, -0.15) is 0 Å². The molecule has 2 nitrogen and oxygen atoms in total. The molecule has 0 saturated heterocycles. The predicted molar refractivity (Wildman–Crippen MR) is 80.5 cm³/mol. The van der Waals surface area contributed by atoms with E-state index in [9.17, 15) is 0 Å². The van der Waals surface area contributed by atoms with Gasteiger partial charge in [-0.05, 0) is 24.6 Å². The summed E-state index contributed by atoms with van der Waals surface area (Å²) in [6.07, 6.45) is 8.48. The Morgan fingerprint density at radius 3 is 2.39 bits per heavy atom. The Hall–Kier alpha value is -0.123. The fraction of sp³-hybridized carbons (Fsp3) is 0.867. The van der Waals surface area contributed by atoms with Gasteiger partial charge < -0.3 is 9.16 Å². The first-order chi connectivity index (χ1) is 8.26. The van der Waals surface area contributed by atoms with Crippen LogP contribution >= 0.6 is 0 Å². The van der Waals surface area contributed by atoms with E-state index in [4.69, 9.17) is 9.16 Å². The van der Waals surface area contributed by atoms with Crippen molar-refractivity contribution in [1.82, 2.24) is 0 Å². The Bertz CT molecular complexity index is 279. The zero-order chi connectivity index (χ0) is 13.8. The van der Waals surface area contributed by atoms with Crippen LogP contribution in [-0.2, 0) is 9.16 Å². The molecule has 0 N–H and O–H groups in total. The van der Waals surface area contributed by atoms with Crippen molar-refractivity contribution in [1.29, 1.82) is 0 Å². The minimum Gasteiger partial charge on any atom is -0.408 e. The molecule has 0 aromatic rings. The lowest BCUT2D eigenvalue weighted by Gasteiger charge is -2.39. The monoisotopic (exact) mass is 270 g/mol. The minimum absolute atomic E-state index is 0.156. The van der Waals surface area contributed by atoms with Crippen molar-refractivity contribution in [3.63, 3.8) is 0 Å². The molecule has 0 spiro atoms. The highest BCUT2D eigenvalue weighted by Gasteiger charge is 2.39. The third-order valence-electron chi connectivity index (χ3n) is 4.11. The molecule has 1 heterocycles. The van der Waals surface area contributed by atoms with Crippen LogP contribution in [-0.4, -0.2) is 27.1 Å². The quantitative estimate of drug-likeness (QED) is 0.540. The molecular formula is C15H30O2Si. The van der Waals surface area contributed by atoms with Gasteiger partial charge in [-0.15, -0.1) is 0 Å². The van der Waals surface area contributed by atoms with Crippen molar-refractivity contribution < 1.29 is 9.16 Å². The Morgan fingerprint density at radius 1 is 1.28 bits per heavy atom. The molecule has 0 radical (unpaired) electrons. The lowest BCUT2D eigenvalue weighted by Crippen LogP contribution is -2.45. The van der Waals surface area contributed by atoms with Gasteiger partial charge in [-0.3, -0.25) is 0 Å². The van der Waals surface area contributed by atoms with Gasteiger partial charge in [-0.25, -0.2) is 0 Å². The topological polar surface area (TPSA) is 18.5 Å². The Morgan fingerprint density at radius 2 is 1.94 bits per heavy atom. The highest BCUT2D eigenvalue weighted by molar-refractivity contribution is 6.74. The van der Waals surface area contributed by atoms with E-state index >= 15 is 0 Å². The number of hydrogen-bond donors (Lipinski definition) is 0. The first-order valence-corrected chi connectivity index (χ1v) is 10.1. The highest BCUT2D eigenvalue weighted by atomic mass is 28.4. The Balaban J connectivity index is 2.47. The minimum atomic E-state index is -1.67. The standard InChI is InChI=1S/C15H30O2Si/c1-7-8-9-13-10-11-14(12-16-13)17-18(5,6)15(2,3)4/h10-11,13-14H,7-9,12H2,1-6H3/t13-,14+/m0/s1. The maximum absolute atomic E-state index is 6.32. The summed E-state index contributed by atoms with van der Waals surface area (Å²) in [6, 6.07) is 0. The van der Waals surface area contributed by atoms with Crippen molar-refractivity contribution in [3.05, 3.63) is 12.2 Å². The van der Waals surface area contributed by atoms with Gasteiger partial charge in [0, 0.05) is 0 Å². The molecule has 0 fully saturated rings. The molecule has 1 aliphatic rings. The van der Waals surface area contributed by atoms with Crippen LogP contribution in [0.2, 0.25) is 18.1 Å². The van der Waals surface area contributed by atoms with Gasteiger partial charge in [0.25, 0.3) is 0 Å². The molecule has 0 amide bonds. The fourth-order valence-corrected chi connectivity index (χ4v) is 3.05. The molecule has 0 aromatic heterocycles. The third kappa shape index (κ3) is 4.52. The summed E-state index contributed by atoms with van der Waals surface area (Å²) in [4.78, 5) is 0. The number of hydrogen-bond acceptors (Lipinski definition) is 2. The summed E-state index contributed by atoms with van der Waals surface area (Å²) in [7, 11) is -1.67. The molecule has 18 heavy (non-hydrogen) atoms. The molecule has 1 aliphatic heterocycles. The van der Waals surface area contributed by atoms with E-state index in [1.807, 2.05) is 0 Å². The van der Waals surface area contributed by atoms with E-state index in [0.717, 1.165) is 13.0 Å². The van der Waals surface area contributed by atoms with Gasteiger partial charge in [-0.1, -0.05) is 52.7 Å². The molecule has 0 saturated carbocycles. The number of ether oxygens (including phenoxy) is 1. The molecular weight excluding hydrogens is 240 g/mol. The average Bonchev–Trinajstić information content (AvgIpc) is 2.26. The van der Waals surface area contributed by atoms with Crippen LogP contribution in [0.15, 0.2) is 12.2 Å². The molecule has 0 aromatic carbocycles. The SMILES string of the molecule is CCCC[C@H]1C=C[C@@H](O[Si](C)(C)C(C)(C)C)CO1. The maximum atomic E-state index is 6.32. The van der Waals surface area contributed by atoms with Crippen molar-refractivity contribution in [3.8, 4) is 0 Å². The fourth-order valence-electron chi connectivity index (χ4n) is 1.79. The molecule has 0 aliphatic carbocycles. The number of rotatable bonds is 5. The average molecular weight is 270 g/mol. The lowest BCUT2D eigenvalue weighted by atomic mass is 10.1. The summed E-state index contributed by atoms with van der Waals surface area (Å²) in [5.74, 6) is 0. The number of unbranched alkanes of at least 4 members (excludes halogenated alkanes) is 1. The van der Waals surface area contributed by atoms with Crippen LogP contribution in [0.25, 0.3) is 0 Å². The summed E-state index contributed by atoms with van der Waals surface area (Å²) in [5, 5.41) is 0.264. The maximum Gasteiger partial charge on any atom is 0.192 e. The summed E-state index contributed by atoms with van der Waals surface area (Å²) < 4.78 is 12.2. The smallest absolute Gasteiger partial charge is 0.192 e. The molecule has 1 rings (SSSR count). The van der Waals surface area contributed by atoms with Gasteiger partial charge in [0.2, 0.25) is 0 Å². The van der Waals surface area contributed by atoms with E-state index in [2.05, 4.69) is 52.9 Å². The normalized spacial score (nSPS) is 25.4. The molecule has 0 bridgehead atoms. The molecule has 106 valence electrons. The second-order valence-corrected chi connectivity index (χ2v) is 11.6. The Labute approximate surface area is 114 Å². The van der Waals surface area contributed by atoms with Gasteiger partial charge in [0.15, 0.2) is 8.32 Å². The van der Waals surface area contributed by atoms with Crippen LogP contribution in [0, 0.1) is 0 Å². The van der Waals surface area contributed by atoms with E-state index in [0.29, 0.717) is 6.10 Å². The summed E-state index contributed by atoms with van der Waals surface area (Å²) >= 11 is 0. The molecule has 0 unspecified atom stereocenters. The Kier molecular flexibility index (Phi) is 5.62. The van der Waals surface area contributed by atoms with Gasteiger partial charge >= 0.3 is 0 Å². The molecule has 3 heteroatoms. The van der Waals surface area contributed by atoms with Crippen LogP contribution in [0.1, 0.15) is 47.0 Å².